The van der Waals surface area contributed by atoms with Crippen molar-refractivity contribution in [1.29, 1.82) is 0 Å². The fourth-order valence-corrected chi connectivity index (χ4v) is 4.79. The van der Waals surface area contributed by atoms with E-state index in [9.17, 15) is 9.59 Å². The lowest BCUT2D eigenvalue weighted by Gasteiger charge is -2.26. The normalized spacial score (nSPS) is 13.8. The molecule has 1 aliphatic heterocycles. The highest BCUT2D eigenvalue weighted by Crippen LogP contribution is 2.31. The van der Waals surface area contributed by atoms with Crippen molar-refractivity contribution in [3.63, 3.8) is 0 Å². The van der Waals surface area contributed by atoms with E-state index in [1.54, 1.807) is 19.2 Å². The maximum atomic E-state index is 12.7. The van der Waals surface area contributed by atoms with Crippen LogP contribution in [0.15, 0.2) is 24.4 Å². The first kappa shape index (κ1) is 28.4. The second-order valence-corrected chi connectivity index (χ2v) is 9.62. The smallest absolute Gasteiger partial charge is 0.220 e. The number of anilines is 1. The molecule has 0 atom stereocenters. The van der Waals surface area contributed by atoms with Crippen LogP contribution in [0.3, 0.4) is 0 Å². The van der Waals surface area contributed by atoms with E-state index in [0.29, 0.717) is 24.3 Å². The number of ether oxygens (including phenoxy) is 2. The van der Waals surface area contributed by atoms with Gasteiger partial charge in [0.25, 0.3) is 0 Å². The summed E-state index contributed by atoms with van der Waals surface area (Å²) in [7, 11) is 7.49. The number of nitrogens with one attached hydrogen (secondary N) is 3. The van der Waals surface area contributed by atoms with Gasteiger partial charge in [-0.1, -0.05) is 24.5 Å². The maximum Gasteiger partial charge on any atom is 0.220 e. The molecular formula is C28H37BN6O4. The van der Waals surface area contributed by atoms with Crippen molar-refractivity contribution < 1.29 is 19.1 Å². The molecule has 1 aromatic carbocycles. The molecule has 0 spiro atoms. The van der Waals surface area contributed by atoms with E-state index >= 15 is 0 Å². The van der Waals surface area contributed by atoms with Crippen molar-refractivity contribution in [2.24, 2.45) is 0 Å². The highest BCUT2D eigenvalue weighted by Gasteiger charge is 2.22. The number of hydrogen-bond donors (Lipinski definition) is 3. The molecule has 0 unspecified atom stereocenters. The fourth-order valence-electron chi connectivity index (χ4n) is 4.79. The van der Waals surface area contributed by atoms with Crippen molar-refractivity contribution in [3.05, 3.63) is 41.2 Å². The Morgan fingerprint density at radius 1 is 1.13 bits per heavy atom. The summed E-state index contributed by atoms with van der Waals surface area (Å²) in [6.07, 6.45) is 4.57. The van der Waals surface area contributed by atoms with Crippen molar-refractivity contribution in [1.82, 2.24) is 25.4 Å². The fraction of sp³-hybridized carbons (Fsp3) is 0.500. The molecule has 39 heavy (non-hydrogen) atoms. The van der Waals surface area contributed by atoms with E-state index in [4.69, 9.17) is 22.3 Å². The summed E-state index contributed by atoms with van der Waals surface area (Å²) >= 11 is 0. The SMILES string of the molecule is [B]c1cc(CNC(=O)CCC(=O)NCc2c(CC)nc3c(cnn3CC)c2NC2CCOCC2)ccc1OC. The highest BCUT2D eigenvalue weighted by molar-refractivity contribution is 6.34. The third-order valence-electron chi connectivity index (χ3n) is 7.00. The summed E-state index contributed by atoms with van der Waals surface area (Å²) < 4.78 is 12.6. The monoisotopic (exact) mass is 532 g/mol. The van der Waals surface area contributed by atoms with E-state index in [1.165, 1.54) is 0 Å². The van der Waals surface area contributed by atoms with Gasteiger partial charge < -0.3 is 25.4 Å². The average Bonchev–Trinajstić information content (AvgIpc) is 3.37. The minimum Gasteiger partial charge on any atom is -0.497 e. The third-order valence-corrected chi connectivity index (χ3v) is 7.00. The zero-order valence-electron chi connectivity index (χ0n) is 23.0. The summed E-state index contributed by atoms with van der Waals surface area (Å²) in [6.45, 7) is 6.92. The molecule has 206 valence electrons. The van der Waals surface area contributed by atoms with Crippen LogP contribution in [-0.2, 0) is 40.4 Å². The first-order valence-electron chi connectivity index (χ1n) is 13.6. The molecule has 1 saturated heterocycles. The summed E-state index contributed by atoms with van der Waals surface area (Å²) in [5.74, 6) is 0.195. The molecule has 3 aromatic rings. The lowest BCUT2D eigenvalue weighted by atomic mass is 9.93. The van der Waals surface area contributed by atoms with E-state index in [2.05, 4.69) is 28.0 Å². The number of methoxy groups -OCH3 is 1. The van der Waals surface area contributed by atoms with Crippen molar-refractivity contribution in [2.45, 2.75) is 71.6 Å². The molecule has 3 heterocycles. The number of aryl methyl sites for hydroxylation is 2. The number of carbonyl (C=O) groups excluding carboxylic acids is 2. The second kappa shape index (κ2) is 13.5. The Kier molecular flexibility index (Phi) is 9.81. The molecule has 10 nitrogen and oxygen atoms in total. The molecule has 4 rings (SSSR count). The number of nitrogens with zero attached hydrogens (tertiary/aromatic N) is 3. The van der Waals surface area contributed by atoms with Crippen LogP contribution in [0.5, 0.6) is 5.75 Å². The van der Waals surface area contributed by atoms with Gasteiger partial charge in [0.15, 0.2) is 5.65 Å². The van der Waals surface area contributed by atoms with Gasteiger partial charge in [-0.25, -0.2) is 9.67 Å². The van der Waals surface area contributed by atoms with Crippen LogP contribution in [0.4, 0.5) is 5.69 Å². The minimum atomic E-state index is -0.203. The molecule has 2 aromatic heterocycles. The highest BCUT2D eigenvalue weighted by atomic mass is 16.5. The predicted molar refractivity (Wildman–Crippen MR) is 151 cm³/mol. The third kappa shape index (κ3) is 7.09. The lowest BCUT2D eigenvalue weighted by Crippen LogP contribution is -2.30. The number of amides is 2. The van der Waals surface area contributed by atoms with Crippen LogP contribution in [0.25, 0.3) is 11.0 Å². The van der Waals surface area contributed by atoms with Crippen molar-refractivity contribution in [2.75, 3.05) is 25.6 Å². The first-order chi connectivity index (χ1) is 18.9. The van der Waals surface area contributed by atoms with Gasteiger partial charge in [0, 0.05) is 63.0 Å². The van der Waals surface area contributed by atoms with E-state index in [0.717, 1.165) is 72.6 Å². The van der Waals surface area contributed by atoms with Gasteiger partial charge in [-0.15, -0.1) is 0 Å². The summed E-state index contributed by atoms with van der Waals surface area (Å²) in [5, 5.41) is 15.0. The zero-order chi connectivity index (χ0) is 27.8. The van der Waals surface area contributed by atoms with Gasteiger partial charge in [0.05, 0.1) is 24.4 Å². The zero-order valence-corrected chi connectivity index (χ0v) is 23.0. The van der Waals surface area contributed by atoms with Gasteiger partial charge in [-0.2, -0.15) is 5.10 Å². The number of hydrogen-bond acceptors (Lipinski definition) is 7. The lowest BCUT2D eigenvalue weighted by molar-refractivity contribution is -0.126. The first-order valence-corrected chi connectivity index (χ1v) is 13.6. The Bertz CT molecular complexity index is 1300. The predicted octanol–water partition coefficient (Wildman–Crippen LogP) is 2.12. The van der Waals surface area contributed by atoms with E-state index in [1.807, 2.05) is 23.9 Å². The molecular weight excluding hydrogens is 495 g/mol. The molecule has 11 heteroatoms. The topological polar surface area (TPSA) is 119 Å². The Morgan fingerprint density at radius 2 is 1.85 bits per heavy atom. The molecule has 1 fully saturated rings. The van der Waals surface area contributed by atoms with E-state index in [-0.39, 0.29) is 30.7 Å². The molecule has 0 bridgehead atoms. The Morgan fingerprint density at radius 3 is 2.49 bits per heavy atom. The Labute approximate surface area is 230 Å². The molecule has 0 aliphatic carbocycles. The van der Waals surface area contributed by atoms with Crippen LogP contribution in [0.2, 0.25) is 0 Å². The number of rotatable bonds is 12. The van der Waals surface area contributed by atoms with Crippen LogP contribution >= 0.6 is 0 Å². The number of benzene rings is 1. The van der Waals surface area contributed by atoms with Crippen molar-refractivity contribution in [3.8, 4) is 5.75 Å². The molecule has 0 saturated carbocycles. The van der Waals surface area contributed by atoms with Gasteiger partial charge in [0.1, 0.15) is 13.6 Å². The summed E-state index contributed by atoms with van der Waals surface area (Å²) in [4.78, 5) is 30.0. The summed E-state index contributed by atoms with van der Waals surface area (Å²) in [5.41, 5.74) is 5.06. The van der Waals surface area contributed by atoms with Gasteiger partial charge in [-0.3, -0.25) is 9.59 Å². The van der Waals surface area contributed by atoms with Crippen LogP contribution in [0.1, 0.15) is 56.4 Å². The number of carbonyl (C=O) groups is 2. The Hall–Kier alpha value is -3.60. The summed E-state index contributed by atoms with van der Waals surface area (Å²) in [6, 6.07) is 5.64. The minimum absolute atomic E-state index is 0.0875. The van der Waals surface area contributed by atoms with Crippen molar-refractivity contribution >= 4 is 41.8 Å². The Balaban J connectivity index is 1.38. The molecule has 1 aliphatic rings. The molecule has 2 radical (unpaired) electrons. The molecule has 3 N–H and O–H groups in total. The van der Waals surface area contributed by atoms with Crippen LogP contribution < -0.4 is 26.2 Å². The number of fused-ring (bicyclic) bond motifs is 1. The van der Waals surface area contributed by atoms with Gasteiger partial charge in [0.2, 0.25) is 11.8 Å². The number of pyridine rings is 1. The number of aromatic nitrogens is 3. The van der Waals surface area contributed by atoms with Crippen LogP contribution in [-0.4, -0.2) is 60.8 Å². The second-order valence-electron chi connectivity index (χ2n) is 9.62. The maximum absolute atomic E-state index is 12.7. The largest absolute Gasteiger partial charge is 0.497 e. The average molecular weight is 532 g/mol. The van der Waals surface area contributed by atoms with Gasteiger partial charge in [-0.05, 0) is 37.8 Å². The van der Waals surface area contributed by atoms with Crippen LogP contribution in [0, 0.1) is 0 Å². The molecule has 2 amide bonds. The quantitative estimate of drug-likeness (QED) is 0.306. The standard InChI is InChI=1S/C28H37BN6O4/c1-4-23-20(27(33-19-10-12-39-13-11-19)21-17-32-35(5-2)28(21)34-23)16-31-26(37)9-8-25(36)30-15-18-6-7-24(38-3)22(29)14-18/h6-7,14,17,19H,4-5,8-13,15-16H2,1-3H3,(H,30,36)(H,31,37)(H,33,34). The van der Waals surface area contributed by atoms with Gasteiger partial charge >= 0.3 is 0 Å². The van der Waals surface area contributed by atoms with E-state index < -0.39 is 0 Å².